The second kappa shape index (κ2) is 3.98. The summed E-state index contributed by atoms with van der Waals surface area (Å²) in [5.41, 5.74) is 0.826. The predicted molar refractivity (Wildman–Crippen MR) is 55.0 cm³/mol. The van der Waals surface area contributed by atoms with Gasteiger partial charge in [0.1, 0.15) is 0 Å². The molecule has 78 valence electrons. The van der Waals surface area contributed by atoms with Crippen LogP contribution in [-0.4, -0.2) is 19.0 Å². The van der Waals surface area contributed by atoms with E-state index in [0.29, 0.717) is 0 Å². The molecular weight excluding hydrogens is 202 g/mol. The summed E-state index contributed by atoms with van der Waals surface area (Å²) < 4.78 is 30.1. The summed E-state index contributed by atoms with van der Waals surface area (Å²) in [6, 6.07) is 6.23. The van der Waals surface area contributed by atoms with Crippen LogP contribution in [0, 0.1) is 0 Å². The van der Waals surface area contributed by atoms with Crippen molar-refractivity contribution in [1.29, 1.82) is 0 Å². The molecule has 0 fully saturated rings. The largest absolute Gasteiger partial charge is 0.383 e. The topological polar surface area (TPSA) is 66.4 Å². The van der Waals surface area contributed by atoms with E-state index in [0.717, 1.165) is 5.69 Å². The highest BCUT2D eigenvalue weighted by molar-refractivity contribution is 7.85. The normalized spacial score (nSPS) is 11.7. The fraction of sp³-hybridized carbons (Fsp3) is 0.333. The van der Waals surface area contributed by atoms with Gasteiger partial charge in [-0.15, -0.1) is 0 Å². The minimum atomic E-state index is -4.08. The van der Waals surface area contributed by atoms with Crippen LogP contribution in [0.2, 0.25) is 0 Å². The van der Waals surface area contributed by atoms with Gasteiger partial charge in [0.2, 0.25) is 0 Å². The van der Waals surface area contributed by atoms with Gasteiger partial charge < -0.3 is 5.32 Å². The maximum absolute atomic E-state index is 10.7. The van der Waals surface area contributed by atoms with Gasteiger partial charge in [-0.1, -0.05) is 0 Å². The molecule has 0 saturated carbocycles. The predicted octanol–water partition coefficient (Wildman–Crippen LogP) is 1.75. The molecule has 0 atom stereocenters. The maximum atomic E-state index is 10.7. The third-order valence-electron chi connectivity index (χ3n) is 1.61. The van der Waals surface area contributed by atoms with Crippen molar-refractivity contribution in [3.05, 3.63) is 24.3 Å². The van der Waals surface area contributed by atoms with Gasteiger partial charge in [0.15, 0.2) is 0 Å². The van der Waals surface area contributed by atoms with Crippen molar-refractivity contribution < 1.29 is 13.0 Å². The number of anilines is 1. The smallest absolute Gasteiger partial charge is 0.294 e. The van der Waals surface area contributed by atoms with E-state index in [1.807, 2.05) is 13.8 Å². The van der Waals surface area contributed by atoms with Crippen LogP contribution in [0.15, 0.2) is 29.2 Å². The van der Waals surface area contributed by atoms with Gasteiger partial charge in [-0.25, -0.2) is 0 Å². The minimum absolute atomic E-state index is 0.0909. The number of hydrogen-bond donors (Lipinski definition) is 2. The van der Waals surface area contributed by atoms with Crippen molar-refractivity contribution in [2.75, 3.05) is 5.32 Å². The molecule has 1 aromatic rings. The van der Waals surface area contributed by atoms with E-state index in [1.165, 1.54) is 12.1 Å². The van der Waals surface area contributed by atoms with Crippen LogP contribution >= 0.6 is 0 Å². The molecule has 0 aliphatic carbocycles. The Bertz CT molecular complexity index is 395. The first-order chi connectivity index (χ1) is 6.39. The summed E-state index contributed by atoms with van der Waals surface area (Å²) in [5.74, 6) is 0. The molecule has 0 unspecified atom stereocenters. The van der Waals surface area contributed by atoms with Crippen LogP contribution in [-0.2, 0) is 10.1 Å². The molecule has 4 nitrogen and oxygen atoms in total. The van der Waals surface area contributed by atoms with Crippen LogP contribution in [0.3, 0.4) is 0 Å². The SMILES string of the molecule is CC(C)Nc1ccc(S(=O)(=O)O)cc1. The highest BCUT2D eigenvalue weighted by atomic mass is 32.2. The average Bonchev–Trinajstić information content (AvgIpc) is 2.02. The van der Waals surface area contributed by atoms with Crippen LogP contribution in [0.4, 0.5) is 5.69 Å². The molecular formula is C9H13NO3S. The van der Waals surface area contributed by atoms with Crippen molar-refractivity contribution in [2.24, 2.45) is 0 Å². The monoisotopic (exact) mass is 215 g/mol. The van der Waals surface area contributed by atoms with Crippen LogP contribution in [0.5, 0.6) is 0 Å². The van der Waals surface area contributed by atoms with Crippen LogP contribution in [0.25, 0.3) is 0 Å². The van der Waals surface area contributed by atoms with E-state index in [4.69, 9.17) is 4.55 Å². The Morgan fingerprint density at radius 1 is 1.21 bits per heavy atom. The highest BCUT2D eigenvalue weighted by Gasteiger charge is 2.08. The van der Waals surface area contributed by atoms with E-state index in [-0.39, 0.29) is 10.9 Å². The van der Waals surface area contributed by atoms with Gasteiger partial charge in [-0.3, -0.25) is 4.55 Å². The van der Waals surface area contributed by atoms with E-state index >= 15 is 0 Å². The quantitative estimate of drug-likeness (QED) is 0.754. The third kappa shape index (κ3) is 3.01. The Morgan fingerprint density at radius 2 is 1.71 bits per heavy atom. The second-order valence-corrected chi connectivity index (χ2v) is 4.72. The van der Waals surface area contributed by atoms with Crippen molar-refractivity contribution in [3.63, 3.8) is 0 Å². The Kier molecular flexibility index (Phi) is 3.13. The van der Waals surface area contributed by atoms with E-state index in [2.05, 4.69) is 5.32 Å². The summed E-state index contributed by atoms with van der Waals surface area (Å²) in [6.07, 6.45) is 0. The molecule has 0 saturated heterocycles. The van der Waals surface area contributed by atoms with E-state index in [1.54, 1.807) is 12.1 Å². The molecule has 0 radical (unpaired) electrons. The average molecular weight is 215 g/mol. The van der Waals surface area contributed by atoms with Gasteiger partial charge >= 0.3 is 0 Å². The molecule has 2 N–H and O–H groups in total. The fourth-order valence-corrected chi connectivity index (χ4v) is 1.54. The minimum Gasteiger partial charge on any atom is -0.383 e. The summed E-state index contributed by atoms with van der Waals surface area (Å²) >= 11 is 0. The van der Waals surface area contributed by atoms with Gasteiger partial charge in [0.05, 0.1) is 4.90 Å². The van der Waals surface area contributed by atoms with Crippen LogP contribution < -0.4 is 5.32 Å². The van der Waals surface area contributed by atoms with Crippen molar-refractivity contribution in [1.82, 2.24) is 0 Å². The Labute approximate surface area is 83.7 Å². The van der Waals surface area contributed by atoms with Gasteiger partial charge in [0.25, 0.3) is 10.1 Å². The molecule has 0 spiro atoms. The van der Waals surface area contributed by atoms with Gasteiger partial charge in [-0.05, 0) is 38.1 Å². The zero-order chi connectivity index (χ0) is 10.8. The summed E-state index contributed by atoms with van der Waals surface area (Å²) in [5, 5.41) is 3.11. The summed E-state index contributed by atoms with van der Waals surface area (Å²) in [6.45, 7) is 3.97. The van der Waals surface area contributed by atoms with Crippen molar-refractivity contribution in [2.45, 2.75) is 24.8 Å². The highest BCUT2D eigenvalue weighted by Crippen LogP contribution is 2.14. The van der Waals surface area contributed by atoms with E-state index in [9.17, 15) is 8.42 Å². The van der Waals surface area contributed by atoms with Gasteiger partial charge in [0, 0.05) is 11.7 Å². The molecule has 5 heteroatoms. The lowest BCUT2D eigenvalue weighted by Crippen LogP contribution is -2.09. The Hall–Kier alpha value is -1.07. The fourth-order valence-electron chi connectivity index (χ4n) is 1.06. The molecule has 1 rings (SSSR count). The molecule has 1 aromatic carbocycles. The zero-order valence-electron chi connectivity index (χ0n) is 8.06. The lowest BCUT2D eigenvalue weighted by Gasteiger charge is -2.09. The number of rotatable bonds is 3. The van der Waals surface area contributed by atoms with Crippen molar-refractivity contribution in [3.8, 4) is 0 Å². The lowest BCUT2D eigenvalue weighted by molar-refractivity contribution is 0.483. The van der Waals surface area contributed by atoms with Crippen LogP contribution in [0.1, 0.15) is 13.8 Å². The summed E-state index contributed by atoms with van der Waals surface area (Å²) in [7, 11) is -4.08. The maximum Gasteiger partial charge on any atom is 0.294 e. The zero-order valence-corrected chi connectivity index (χ0v) is 8.88. The molecule has 0 aliphatic heterocycles. The first-order valence-corrected chi connectivity index (χ1v) is 5.67. The molecule has 14 heavy (non-hydrogen) atoms. The molecule has 0 aromatic heterocycles. The number of nitrogens with one attached hydrogen (secondary N) is 1. The molecule has 0 heterocycles. The van der Waals surface area contributed by atoms with Gasteiger partial charge in [-0.2, -0.15) is 8.42 Å². The Balaban J connectivity index is 2.90. The lowest BCUT2D eigenvalue weighted by atomic mass is 10.3. The first-order valence-electron chi connectivity index (χ1n) is 4.23. The second-order valence-electron chi connectivity index (χ2n) is 3.30. The first kappa shape index (κ1) is 11.0. The molecule has 0 bridgehead atoms. The number of hydrogen-bond acceptors (Lipinski definition) is 3. The van der Waals surface area contributed by atoms with E-state index < -0.39 is 10.1 Å². The summed E-state index contributed by atoms with van der Waals surface area (Å²) in [4.78, 5) is -0.0909. The molecule has 0 amide bonds. The third-order valence-corrected chi connectivity index (χ3v) is 2.48. The standard InChI is InChI=1S/C9H13NO3S/c1-7(2)10-8-3-5-9(6-4-8)14(11,12)13/h3-7,10H,1-2H3,(H,11,12,13). The molecule has 0 aliphatic rings. The van der Waals surface area contributed by atoms with Crippen molar-refractivity contribution >= 4 is 15.8 Å². The number of benzene rings is 1. The Morgan fingerprint density at radius 3 is 2.07 bits per heavy atom.